The Morgan fingerprint density at radius 2 is 1.89 bits per heavy atom. The number of sulfone groups is 1. The minimum Gasteiger partial charge on any atom is -0.368 e. The van der Waals surface area contributed by atoms with Crippen LogP contribution < -0.4 is 5.32 Å². The molecule has 1 aromatic heterocycles. The molecule has 0 bridgehead atoms. The molecule has 0 radical (unpaired) electrons. The number of rotatable bonds is 4. The number of alkyl halides is 3. The van der Waals surface area contributed by atoms with Crippen LogP contribution in [-0.2, 0) is 16.0 Å². The van der Waals surface area contributed by atoms with Gasteiger partial charge >= 0.3 is 6.18 Å². The van der Waals surface area contributed by atoms with E-state index in [1.165, 1.54) is 13.8 Å². The van der Waals surface area contributed by atoms with Crippen LogP contribution in [0, 0.1) is 0 Å². The largest absolute Gasteiger partial charge is 0.416 e. The van der Waals surface area contributed by atoms with Crippen LogP contribution in [0.3, 0.4) is 0 Å². The van der Waals surface area contributed by atoms with Gasteiger partial charge in [-0.05, 0) is 26.0 Å². The first-order chi connectivity index (χ1) is 8.43. The second-order valence-corrected chi connectivity index (χ2v) is 7.46. The first-order valence-corrected chi connectivity index (χ1v) is 7.29. The van der Waals surface area contributed by atoms with Gasteiger partial charge in [-0.1, -0.05) is 0 Å². The summed E-state index contributed by atoms with van der Waals surface area (Å²) >= 11 is 0. The zero-order chi connectivity index (χ0) is 14.9. The number of nitrogens with zero attached hydrogens (tertiary/aromatic N) is 1. The Morgan fingerprint density at radius 3 is 2.37 bits per heavy atom. The summed E-state index contributed by atoms with van der Waals surface area (Å²) in [6.45, 7) is 2.95. The summed E-state index contributed by atoms with van der Waals surface area (Å²) in [4.78, 5) is 3.73. The van der Waals surface area contributed by atoms with Crippen LogP contribution in [0.25, 0.3) is 0 Å². The van der Waals surface area contributed by atoms with Crippen LogP contribution in [-0.4, -0.2) is 30.9 Å². The summed E-state index contributed by atoms with van der Waals surface area (Å²) in [5, 5.41) is 2.61. The predicted molar refractivity (Wildman–Crippen MR) is 66.7 cm³/mol. The fourth-order valence-electron chi connectivity index (χ4n) is 1.14. The van der Waals surface area contributed by atoms with Gasteiger partial charge in [-0.15, -0.1) is 0 Å². The van der Waals surface area contributed by atoms with Gasteiger partial charge in [-0.3, -0.25) is 0 Å². The summed E-state index contributed by atoms with van der Waals surface area (Å²) in [6.07, 6.45) is -2.35. The van der Waals surface area contributed by atoms with E-state index in [2.05, 4.69) is 10.3 Å². The first kappa shape index (κ1) is 15.7. The molecule has 0 spiro atoms. The van der Waals surface area contributed by atoms with Crippen LogP contribution in [0.5, 0.6) is 0 Å². The maximum absolute atomic E-state index is 12.5. The molecule has 0 saturated heterocycles. The van der Waals surface area contributed by atoms with Gasteiger partial charge in [-0.2, -0.15) is 13.2 Å². The van der Waals surface area contributed by atoms with Gasteiger partial charge in [-0.25, -0.2) is 13.4 Å². The SMILES string of the molecule is CC(C)(CNc1cc(C(F)(F)F)ccn1)S(C)(=O)=O. The summed E-state index contributed by atoms with van der Waals surface area (Å²) in [7, 11) is -3.32. The molecule has 0 aliphatic carbocycles. The summed E-state index contributed by atoms with van der Waals surface area (Å²) in [5.41, 5.74) is -0.831. The van der Waals surface area contributed by atoms with Crippen molar-refractivity contribution in [2.24, 2.45) is 0 Å². The summed E-state index contributed by atoms with van der Waals surface area (Å²) in [5.74, 6) is -0.00782. The second kappa shape index (κ2) is 4.99. The monoisotopic (exact) mass is 296 g/mol. The van der Waals surface area contributed by atoms with Gasteiger partial charge in [0.15, 0.2) is 9.84 Å². The molecule has 8 heteroatoms. The van der Waals surface area contributed by atoms with Crippen molar-refractivity contribution in [2.75, 3.05) is 18.1 Å². The highest BCUT2D eigenvalue weighted by Gasteiger charge is 2.32. The molecular formula is C11H15F3N2O2S. The second-order valence-electron chi connectivity index (χ2n) is 4.81. The van der Waals surface area contributed by atoms with Crippen molar-refractivity contribution in [1.82, 2.24) is 4.98 Å². The molecule has 0 atom stereocenters. The lowest BCUT2D eigenvalue weighted by Gasteiger charge is -2.23. The first-order valence-electron chi connectivity index (χ1n) is 5.40. The van der Waals surface area contributed by atoms with Crippen LogP contribution in [0.15, 0.2) is 18.3 Å². The number of nitrogens with one attached hydrogen (secondary N) is 1. The lowest BCUT2D eigenvalue weighted by atomic mass is 10.2. The normalized spacial score (nSPS) is 13.4. The number of aromatic nitrogens is 1. The molecule has 1 N–H and O–H groups in total. The van der Waals surface area contributed by atoms with Gasteiger partial charge in [0, 0.05) is 19.0 Å². The van der Waals surface area contributed by atoms with Crippen LogP contribution in [0.1, 0.15) is 19.4 Å². The number of anilines is 1. The van der Waals surface area contributed by atoms with Crippen molar-refractivity contribution < 1.29 is 21.6 Å². The van der Waals surface area contributed by atoms with Crippen molar-refractivity contribution in [3.05, 3.63) is 23.9 Å². The number of halogens is 3. The fraction of sp³-hybridized carbons (Fsp3) is 0.545. The van der Waals surface area contributed by atoms with E-state index in [1.54, 1.807) is 0 Å². The minimum absolute atomic E-state index is 0.00782. The third-order valence-electron chi connectivity index (χ3n) is 2.79. The van der Waals surface area contributed by atoms with E-state index < -0.39 is 26.3 Å². The fourth-order valence-corrected chi connectivity index (χ4v) is 1.47. The number of hydrogen-bond acceptors (Lipinski definition) is 4. The zero-order valence-electron chi connectivity index (χ0n) is 10.7. The van der Waals surface area contributed by atoms with Gasteiger partial charge in [0.25, 0.3) is 0 Å². The predicted octanol–water partition coefficient (Wildman–Crippen LogP) is 2.34. The van der Waals surface area contributed by atoms with Crippen LogP contribution >= 0.6 is 0 Å². The minimum atomic E-state index is -4.45. The van der Waals surface area contributed by atoms with Gasteiger partial charge in [0.05, 0.1) is 10.3 Å². The molecule has 4 nitrogen and oxygen atoms in total. The van der Waals surface area contributed by atoms with Crippen molar-refractivity contribution >= 4 is 15.7 Å². The Labute approximate surface area is 110 Å². The van der Waals surface area contributed by atoms with E-state index >= 15 is 0 Å². The van der Waals surface area contributed by atoms with Crippen LogP contribution in [0.4, 0.5) is 19.0 Å². The molecule has 0 amide bonds. The Morgan fingerprint density at radius 1 is 1.32 bits per heavy atom. The van der Waals surface area contributed by atoms with Crippen LogP contribution in [0.2, 0.25) is 0 Å². The van der Waals surface area contributed by atoms with E-state index in [0.29, 0.717) is 0 Å². The number of pyridine rings is 1. The zero-order valence-corrected chi connectivity index (χ0v) is 11.6. The molecule has 0 unspecified atom stereocenters. The van der Waals surface area contributed by atoms with Crippen molar-refractivity contribution in [3.63, 3.8) is 0 Å². The molecular weight excluding hydrogens is 281 g/mol. The molecule has 0 aliphatic rings. The highest BCUT2D eigenvalue weighted by Crippen LogP contribution is 2.30. The van der Waals surface area contributed by atoms with Gasteiger partial charge < -0.3 is 5.32 Å². The van der Waals surface area contributed by atoms with Gasteiger partial charge in [0.2, 0.25) is 0 Å². The van der Waals surface area contributed by atoms with Gasteiger partial charge in [0.1, 0.15) is 5.82 Å². The highest BCUT2D eigenvalue weighted by molar-refractivity contribution is 7.92. The smallest absolute Gasteiger partial charge is 0.368 e. The van der Waals surface area contributed by atoms with E-state index in [4.69, 9.17) is 0 Å². The molecule has 0 aromatic carbocycles. The Balaban J connectivity index is 2.86. The Hall–Kier alpha value is -1.31. The molecule has 1 aromatic rings. The lowest BCUT2D eigenvalue weighted by molar-refractivity contribution is -0.137. The quantitative estimate of drug-likeness (QED) is 0.926. The van der Waals surface area contributed by atoms with Crippen molar-refractivity contribution in [2.45, 2.75) is 24.8 Å². The van der Waals surface area contributed by atoms with E-state index in [0.717, 1.165) is 24.6 Å². The maximum Gasteiger partial charge on any atom is 0.416 e. The third kappa shape index (κ3) is 4.09. The van der Waals surface area contributed by atoms with E-state index in [-0.39, 0.29) is 12.4 Å². The summed E-state index contributed by atoms with van der Waals surface area (Å²) in [6, 6.07) is 1.70. The average Bonchev–Trinajstić information content (AvgIpc) is 2.24. The van der Waals surface area contributed by atoms with E-state index in [9.17, 15) is 21.6 Å². The lowest BCUT2D eigenvalue weighted by Crippen LogP contribution is -2.38. The molecule has 1 rings (SSSR count). The number of hydrogen-bond donors (Lipinski definition) is 1. The molecule has 0 aliphatic heterocycles. The Kier molecular flexibility index (Phi) is 4.14. The topological polar surface area (TPSA) is 59.1 Å². The molecule has 108 valence electrons. The average molecular weight is 296 g/mol. The maximum atomic E-state index is 12.5. The van der Waals surface area contributed by atoms with Crippen molar-refractivity contribution in [1.29, 1.82) is 0 Å². The standard InChI is InChI=1S/C11H15F3N2O2S/c1-10(2,19(3,17)18)7-16-9-6-8(4-5-15-9)11(12,13)14/h4-6H,7H2,1-3H3,(H,15,16). The molecule has 0 fully saturated rings. The van der Waals surface area contributed by atoms with E-state index in [1.807, 2.05) is 0 Å². The third-order valence-corrected chi connectivity index (χ3v) is 4.94. The summed E-state index contributed by atoms with van der Waals surface area (Å²) < 4.78 is 59.3. The molecule has 19 heavy (non-hydrogen) atoms. The highest BCUT2D eigenvalue weighted by atomic mass is 32.2. The molecule has 0 saturated carbocycles. The molecule has 1 heterocycles. The van der Waals surface area contributed by atoms with Crippen molar-refractivity contribution in [3.8, 4) is 0 Å². The Bertz CT molecular complexity index is 553.